The lowest BCUT2D eigenvalue weighted by molar-refractivity contribution is -0.00665. The maximum Gasteiger partial charge on any atom is 0.161 e. The van der Waals surface area contributed by atoms with Gasteiger partial charge >= 0.3 is 0 Å². The number of benzene rings is 1. The van der Waals surface area contributed by atoms with Crippen molar-refractivity contribution in [3.05, 3.63) is 23.8 Å². The molecule has 19 heavy (non-hydrogen) atoms. The number of likely N-dealkylation sites (N-methyl/N-ethyl adjacent to an activating group) is 1. The van der Waals surface area contributed by atoms with Crippen LogP contribution >= 0.6 is 0 Å². The fourth-order valence-electron chi connectivity index (χ4n) is 2.64. The molecule has 4 heteroatoms. The highest BCUT2D eigenvalue weighted by Gasteiger charge is 2.25. The molecule has 0 saturated carbocycles. The zero-order chi connectivity index (χ0) is 13.7. The highest BCUT2D eigenvalue weighted by atomic mass is 16.5. The molecule has 0 spiro atoms. The number of methoxy groups -OCH3 is 2. The second-order valence-electron chi connectivity index (χ2n) is 4.79. The molecule has 1 aliphatic rings. The Bertz CT molecular complexity index is 402. The number of ether oxygens (including phenoxy) is 3. The van der Waals surface area contributed by atoms with Crippen molar-refractivity contribution in [3.63, 3.8) is 0 Å². The van der Waals surface area contributed by atoms with Gasteiger partial charge in [0.2, 0.25) is 0 Å². The van der Waals surface area contributed by atoms with Gasteiger partial charge in [0.15, 0.2) is 11.5 Å². The minimum absolute atomic E-state index is 0.195. The Labute approximate surface area is 115 Å². The topological polar surface area (TPSA) is 39.7 Å². The molecule has 1 heterocycles. The molecule has 2 unspecified atom stereocenters. The summed E-state index contributed by atoms with van der Waals surface area (Å²) in [5.41, 5.74) is 1.17. The maximum atomic E-state index is 5.88. The smallest absolute Gasteiger partial charge is 0.161 e. The lowest BCUT2D eigenvalue weighted by Gasteiger charge is -2.30. The van der Waals surface area contributed by atoms with Crippen LogP contribution in [0, 0.1) is 0 Å². The first kappa shape index (κ1) is 14.2. The predicted molar refractivity (Wildman–Crippen MR) is 74.9 cm³/mol. The van der Waals surface area contributed by atoms with Gasteiger partial charge in [0.05, 0.1) is 26.4 Å². The van der Waals surface area contributed by atoms with Crippen LogP contribution in [-0.2, 0) is 4.74 Å². The van der Waals surface area contributed by atoms with E-state index in [0.717, 1.165) is 24.5 Å². The van der Waals surface area contributed by atoms with Gasteiger partial charge < -0.3 is 19.5 Å². The van der Waals surface area contributed by atoms with Gasteiger partial charge in [-0.15, -0.1) is 0 Å². The largest absolute Gasteiger partial charge is 0.493 e. The SMILES string of the molecule is CNC(c1ccc(OC)c(OC)c1)C1CCCCO1. The third-order valence-corrected chi connectivity index (χ3v) is 3.66. The maximum absolute atomic E-state index is 5.88. The molecule has 2 atom stereocenters. The molecule has 1 aliphatic heterocycles. The summed E-state index contributed by atoms with van der Waals surface area (Å²) in [4.78, 5) is 0. The third-order valence-electron chi connectivity index (χ3n) is 3.66. The summed E-state index contributed by atoms with van der Waals surface area (Å²) in [5.74, 6) is 1.52. The van der Waals surface area contributed by atoms with Crippen LogP contribution in [0.4, 0.5) is 0 Å². The average Bonchev–Trinajstić information content (AvgIpc) is 2.49. The van der Waals surface area contributed by atoms with Crippen LogP contribution in [0.3, 0.4) is 0 Å². The van der Waals surface area contributed by atoms with Crippen molar-refractivity contribution in [1.29, 1.82) is 0 Å². The second-order valence-corrected chi connectivity index (χ2v) is 4.79. The Morgan fingerprint density at radius 2 is 2.00 bits per heavy atom. The van der Waals surface area contributed by atoms with E-state index < -0.39 is 0 Å². The van der Waals surface area contributed by atoms with Crippen molar-refractivity contribution >= 4 is 0 Å². The lowest BCUT2D eigenvalue weighted by atomic mass is 9.95. The van der Waals surface area contributed by atoms with Crippen LogP contribution in [0.15, 0.2) is 18.2 Å². The van der Waals surface area contributed by atoms with Crippen LogP contribution in [0.5, 0.6) is 11.5 Å². The van der Waals surface area contributed by atoms with Gasteiger partial charge in [-0.25, -0.2) is 0 Å². The predicted octanol–water partition coefficient (Wildman–Crippen LogP) is 2.53. The van der Waals surface area contributed by atoms with Crippen LogP contribution < -0.4 is 14.8 Å². The molecule has 0 aliphatic carbocycles. The first-order valence-electron chi connectivity index (χ1n) is 6.81. The summed E-state index contributed by atoms with van der Waals surface area (Å²) in [7, 11) is 5.28. The summed E-state index contributed by atoms with van der Waals surface area (Å²) in [5, 5.41) is 3.36. The normalized spacial score (nSPS) is 20.9. The van der Waals surface area contributed by atoms with Gasteiger partial charge in [0, 0.05) is 6.61 Å². The first-order valence-corrected chi connectivity index (χ1v) is 6.81. The Balaban J connectivity index is 2.22. The minimum Gasteiger partial charge on any atom is -0.493 e. The fraction of sp³-hybridized carbons (Fsp3) is 0.600. The van der Waals surface area contributed by atoms with E-state index in [1.807, 2.05) is 19.2 Å². The molecule has 1 N–H and O–H groups in total. The Morgan fingerprint density at radius 3 is 2.58 bits per heavy atom. The van der Waals surface area contributed by atoms with Crippen LogP contribution in [-0.4, -0.2) is 34.0 Å². The Kier molecular flexibility index (Phi) is 5.05. The van der Waals surface area contributed by atoms with E-state index >= 15 is 0 Å². The molecule has 0 aromatic heterocycles. The molecule has 1 fully saturated rings. The Hall–Kier alpha value is -1.26. The molecule has 0 amide bonds. The molecule has 0 radical (unpaired) electrons. The molecular weight excluding hydrogens is 242 g/mol. The van der Waals surface area contributed by atoms with Gasteiger partial charge in [0.25, 0.3) is 0 Å². The van der Waals surface area contributed by atoms with Gasteiger partial charge in [-0.2, -0.15) is 0 Å². The molecule has 1 aromatic carbocycles. The molecule has 4 nitrogen and oxygen atoms in total. The highest BCUT2D eigenvalue weighted by molar-refractivity contribution is 5.44. The summed E-state index contributed by atoms with van der Waals surface area (Å²) >= 11 is 0. The van der Waals surface area contributed by atoms with Crippen molar-refractivity contribution in [2.24, 2.45) is 0 Å². The monoisotopic (exact) mass is 265 g/mol. The first-order chi connectivity index (χ1) is 9.30. The van der Waals surface area contributed by atoms with E-state index in [4.69, 9.17) is 14.2 Å². The molecular formula is C15H23NO3. The van der Waals surface area contributed by atoms with E-state index in [-0.39, 0.29) is 12.1 Å². The zero-order valence-electron chi connectivity index (χ0n) is 11.9. The quantitative estimate of drug-likeness (QED) is 0.888. The molecule has 1 saturated heterocycles. The summed E-state index contributed by atoms with van der Waals surface area (Å²) in [6.45, 7) is 0.857. The highest BCUT2D eigenvalue weighted by Crippen LogP contribution is 2.33. The third kappa shape index (κ3) is 3.19. The van der Waals surface area contributed by atoms with E-state index in [1.165, 1.54) is 18.4 Å². The van der Waals surface area contributed by atoms with Crippen molar-refractivity contribution in [2.45, 2.75) is 31.4 Å². The molecule has 2 rings (SSSR count). The van der Waals surface area contributed by atoms with E-state index in [0.29, 0.717) is 0 Å². The van der Waals surface area contributed by atoms with Gasteiger partial charge in [0.1, 0.15) is 0 Å². The summed E-state index contributed by atoms with van der Waals surface area (Å²) < 4.78 is 16.5. The van der Waals surface area contributed by atoms with Crippen molar-refractivity contribution in [2.75, 3.05) is 27.9 Å². The molecule has 106 valence electrons. The van der Waals surface area contributed by atoms with Crippen LogP contribution in [0.25, 0.3) is 0 Å². The van der Waals surface area contributed by atoms with Crippen molar-refractivity contribution in [3.8, 4) is 11.5 Å². The van der Waals surface area contributed by atoms with Gasteiger partial charge in [-0.3, -0.25) is 0 Å². The standard InChI is InChI=1S/C15H23NO3/c1-16-15(13-6-4-5-9-19-13)11-7-8-12(17-2)14(10-11)18-3/h7-8,10,13,15-16H,4-6,9H2,1-3H3. The van der Waals surface area contributed by atoms with Crippen LogP contribution in [0.2, 0.25) is 0 Å². The van der Waals surface area contributed by atoms with Gasteiger partial charge in [-0.1, -0.05) is 6.07 Å². The lowest BCUT2D eigenvalue weighted by Crippen LogP contribution is -2.34. The minimum atomic E-state index is 0.195. The van der Waals surface area contributed by atoms with E-state index in [2.05, 4.69) is 11.4 Å². The van der Waals surface area contributed by atoms with Crippen molar-refractivity contribution < 1.29 is 14.2 Å². The van der Waals surface area contributed by atoms with Crippen LogP contribution in [0.1, 0.15) is 30.9 Å². The van der Waals surface area contributed by atoms with E-state index in [1.54, 1.807) is 14.2 Å². The van der Waals surface area contributed by atoms with E-state index in [9.17, 15) is 0 Å². The fourth-order valence-corrected chi connectivity index (χ4v) is 2.64. The number of rotatable bonds is 5. The average molecular weight is 265 g/mol. The zero-order valence-corrected chi connectivity index (χ0v) is 11.9. The molecule has 0 bridgehead atoms. The van der Waals surface area contributed by atoms with Crippen molar-refractivity contribution in [1.82, 2.24) is 5.32 Å². The number of nitrogens with one attached hydrogen (secondary N) is 1. The second kappa shape index (κ2) is 6.78. The van der Waals surface area contributed by atoms with Gasteiger partial charge in [-0.05, 0) is 44.0 Å². The Morgan fingerprint density at radius 1 is 1.21 bits per heavy atom. The number of hydrogen-bond donors (Lipinski definition) is 1. The number of hydrogen-bond acceptors (Lipinski definition) is 4. The summed E-state index contributed by atoms with van der Waals surface area (Å²) in [6, 6.07) is 6.24. The molecule has 1 aromatic rings. The summed E-state index contributed by atoms with van der Waals surface area (Å²) in [6.07, 6.45) is 3.73.